The lowest BCUT2D eigenvalue weighted by Crippen LogP contribution is -2.60. The van der Waals surface area contributed by atoms with Gasteiger partial charge in [-0.15, -0.1) is 0 Å². The van der Waals surface area contributed by atoms with Gasteiger partial charge in [0.15, 0.2) is 0 Å². The van der Waals surface area contributed by atoms with Crippen LogP contribution >= 0.6 is 0 Å². The minimum absolute atomic E-state index is 0.00996. The van der Waals surface area contributed by atoms with Crippen molar-refractivity contribution in [1.82, 2.24) is 9.13 Å². The maximum Gasteiger partial charge on any atom is 0.256 e. The maximum absolute atomic E-state index is 6.85. The number of fused-ring (bicyclic) bond motifs is 16. The first-order valence-electron chi connectivity index (χ1n) is 22.2. The Balaban J connectivity index is 1.10. The Labute approximate surface area is 362 Å². The van der Waals surface area contributed by atoms with Gasteiger partial charge in [0.05, 0.1) is 22.1 Å². The van der Waals surface area contributed by atoms with E-state index in [1.165, 1.54) is 116 Å². The third-order valence-corrected chi connectivity index (χ3v) is 14.7. The molecule has 0 N–H and O–H groups in total. The van der Waals surface area contributed by atoms with Crippen LogP contribution in [0.1, 0.15) is 52.7 Å². The first-order valence-corrected chi connectivity index (χ1v) is 22.2. The Kier molecular flexibility index (Phi) is 6.45. The van der Waals surface area contributed by atoms with Crippen LogP contribution in [0.4, 0.5) is 17.1 Å². The topological polar surface area (TPSA) is 22.3 Å². The van der Waals surface area contributed by atoms with E-state index in [1.54, 1.807) is 0 Å². The fourth-order valence-corrected chi connectivity index (χ4v) is 11.8. The van der Waals surface area contributed by atoms with Crippen LogP contribution in [-0.4, -0.2) is 22.6 Å². The summed E-state index contributed by atoms with van der Waals surface area (Å²) in [6.45, 7) is 14.0. The monoisotopic (exact) mass is 795 g/mol. The predicted molar refractivity (Wildman–Crippen MR) is 263 cm³/mol. The van der Waals surface area contributed by atoms with Gasteiger partial charge in [0, 0.05) is 50.0 Å². The van der Waals surface area contributed by atoms with Crippen molar-refractivity contribution in [3.05, 3.63) is 163 Å². The Bertz CT molecular complexity index is 3660. The zero-order valence-corrected chi connectivity index (χ0v) is 35.8. The number of ether oxygens (including phenoxy) is 1. The molecule has 6 heteroatoms. The molecule has 4 nitrogen and oxygen atoms in total. The van der Waals surface area contributed by atoms with Crippen LogP contribution in [0.25, 0.3) is 55.0 Å². The van der Waals surface area contributed by atoms with E-state index in [1.807, 2.05) is 0 Å². The summed E-state index contributed by atoms with van der Waals surface area (Å²) in [6.07, 6.45) is 0. The van der Waals surface area contributed by atoms with E-state index in [-0.39, 0.29) is 24.3 Å². The molecule has 6 heterocycles. The third-order valence-electron chi connectivity index (χ3n) is 14.7. The van der Waals surface area contributed by atoms with Crippen molar-refractivity contribution in [2.24, 2.45) is 0 Å². The number of para-hydroxylation sites is 3. The minimum Gasteiger partial charge on any atom is -0.458 e. The van der Waals surface area contributed by atoms with Crippen molar-refractivity contribution in [2.45, 2.75) is 52.4 Å². The van der Waals surface area contributed by atoms with Crippen molar-refractivity contribution < 1.29 is 4.74 Å². The van der Waals surface area contributed by atoms with Crippen molar-refractivity contribution in [2.75, 3.05) is 4.90 Å². The normalized spacial score (nSPS) is 14.3. The molecule has 0 saturated carbocycles. The van der Waals surface area contributed by atoms with E-state index in [0.29, 0.717) is 0 Å². The lowest BCUT2D eigenvalue weighted by molar-refractivity contribution is 0.486. The van der Waals surface area contributed by atoms with Gasteiger partial charge in [-0.05, 0) is 121 Å². The maximum atomic E-state index is 6.85. The highest BCUT2D eigenvalue weighted by atomic mass is 16.5. The highest BCUT2D eigenvalue weighted by Crippen LogP contribution is 2.46. The molecule has 2 aromatic heterocycles. The molecule has 4 aliphatic rings. The predicted octanol–water partition coefficient (Wildman–Crippen LogP) is 10.0. The summed E-state index contributed by atoms with van der Waals surface area (Å²) in [5.41, 5.74) is 21.9. The number of hydrogen-bond donors (Lipinski definition) is 0. The van der Waals surface area contributed by atoms with Gasteiger partial charge in [-0.1, -0.05) is 126 Å². The zero-order valence-electron chi connectivity index (χ0n) is 35.8. The average Bonchev–Trinajstić information content (AvgIpc) is 3.79. The summed E-state index contributed by atoms with van der Waals surface area (Å²) in [5.74, 6) is 1.91. The molecule has 0 bridgehead atoms. The van der Waals surface area contributed by atoms with Crippen LogP contribution in [0, 0.1) is 0 Å². The second-order valence-electron chi connectivity index (χ2n) is 20.1. The molecule has 4 aliphatic heterocycles. The Morgan fingerprint density at radius 1 is 0.403 bits per heavy atom. The van der Waals surface area contributed by atoms with Gasteiger partial charge in [-0.2, -0.15) is 0 Å². The molecule has 0 amide bonds. The van der Waals surface area contributed by atoms with E-state index in [4.69, 9.17) is 4.74 Å². The van der Waals surface area contributed by atoms with Gasteiger partial charge in [0.1, 0.15) is 11.5 Å². The lowest BCUT2D eigenvalue weighted by atomic mass is 9.33. The summed E-state index contributed by atoms with van der Waals surface area (Å²) in [6, 6.07) is 57.6. The number of nitrogens with zero attached hydrogens (tertiary/aromatic N) is 3. The van der Waals surface area contributed by atoms with Gasteiger partial charge in [-0.3, -0.25) is 0 Å². The second kappa shape index (κ2) is 11.5. The molecule has 0 unspecified atom stereocenters. The fraction of sp³-hybridized carbons (Fsp3) is 0.143. The van der Waals surface area contributed by atoms with Crippen LogP contribution in [0.5, 0.6) is 11.5 Å². The van der Waals surface area contributed by atoms with E-state index in [9.17, 15) is 0 Å². The molecule has 0 radical (unpaired) electrons. The van der Waals surface area contributed by atoms with E-state index < -0.39 is 0 Å². The van der Waals surface area contributed by atoms with E-state index in [2.05, 4.69) is 207 Å². The molecule has 294 valence electrons. The van der Waals surface area contributed by atoms with Crippen LogP contribution in [0.15, 0.2) is 152 Å². The minimum atomic E-state index is 0.00996. The number of aromatic nitrogens is 2. The SMILES string of the molecule is CC(C)(C)c1ccc2c(c1)B1c3ccccc3-n3c4cc5c6ccc7c8c6n(c5cc4c4ccc(c1c43)O2)-c1ccccc1B8c1cc(C(C)(C)C)ccc1N7c1ccccc1. The largest absolute Gasteiger partial charge is 0.458 e. The average molecular weight is 796 g/mol. The molecular weight excluding hydrogens is 752 g/mol. The summed E-state index contributed by atoms with van der Waals surface area (Å²) < 4.78 is 12.0. The number of benzene rings is 8. The van der Waals surface area contributed by atoms with Gasteiger partial charge < -0.3 is 18.8 Å². The highest BCUT2D eigenvalue weighted by molar-refractivity contribution is 7.00. The Hall–Kier alpha value is -6.91. The van der Waals surface area contributed by atoms with Crippen LogP contribution in [0.3, 0.4) is 0 Å². The van der Waals surface area contributed by atoms with Crippen molar-refractivity contribution in [3.8, 4) is 22.9 Å². The van der Waals surface area contributed by atoms with E-state index in [0.717, 1.165) is 11.5 Å². The van der Waals surface area contributed by atoms with Crippen LogP contribution in [-0.2, 0) is 10.8 Å². The number of hydrogen-bond acceptors (Lipinski definition) is 2. The molecule has 14 rings (SSSR count). The molecule has 0 atom stereocenters. The molecule has 8 aromatic carbocycles. The summed E-state index contributed by atoms with van der Waals surface area (Å²) >= 11 is 0. The number of anilines is 3. The Morgan fingerprint density at radius 2 is 0.919 bits per heavy atom. The van der Waals surface area contributed by atoms with Gasteiger partial charge in [0.25, 0.3) is 13.4 Å². The third kappa shape index (κ3) is 4.30. The molecule has 0 saturated heterocycles. The van der Waals surface area contributed by atoms with Crippen molar-refractivity contribution in [1.29, 1.82) is 0 Å². The van der Waals surface area contributed by atoms with Crippen molar-refractivity contribution >= 4 is 107 Å². The van der Waals surface area contributed by atoms with Crippen LogP contribution in [0.2, 0.25) is 0 Å². The summed E-state index contributed by atoms with van der Waals surface area (Å²) in [5, 5.41) is 5.09. The summed E-state index contributed by atoms with van der Waals surface area (Å²) in [7, 11) is 0. The molecular formula is C56H43B2N3O. The molecule has 10 aromatic rings. The van der Waals surface area contributed by atoms with Crippen LogP contribution < -0.4 is 42.4 Å². The van der Waals surface area contributed by atoms with Gasteiger partial charge in [-0.25, -0.2) is 0 Å². The first-order chi connectivity index (χ1) is 30.0. The van der Waals surface area contributed by atoms with E-state index >= 15 is 0 Å². The zero-order chi connectivity index (χ0) is 41.6. The fourth-order valence-electron chi connectivity index (χ4n) is 11.8. The smallest absolute Gasteiger partial charge is 0.256 e. The Morgan fingerprint density at radius 3 is 1.56 bits per heavy atom. The second-order valence-corrected chi connectivity index (χ2v) is 20.1. The quantitative estimate of drug-likeness (QED) is 0.155. The number of rotatable bonds is 1. The lowest BCUT2D eigenvalue weighted by Gasteiger charge is -2.40. The highest BCUT2D eigenvalue weighted by Gasteiger charge is 2.44. The van der Waals surface area contributed by atoms with Gasteiger partial charge in [0.2, 0.25) is 0 Å². The summed E-state index contributed by atoms with van der Waals surface area (Å²) in [4.78, 5) is 2.51. The molecule has 62 heavy (non-hydrogen) atoms. The molecule has 0 aliphatic carbocycles. The van der Waals surface area contributed by atoms with Crippen molar-refractivity contribution in [3.63, 3.8) is 0 Å². The molecule has 0 spiro atoms. The molecule has 0 fully saturated rings. The standard InChI is InChI=1S/C56H43B2N3O/c1-55(2,3)32-20-24-45-41(28-32)57-39-16-10-12-18-43(39)60-47-31-38-36-23-27-50-52-54(36)61(44-19-13-11-17-40(44)58(52)42-29-33(56(4,5)6)21-26-49(42)62-50)48(38)30-37(47)35-22-25-46(51(57)53(35)60)59(45)34-14-8-7-9-15-34/h7-31H,1-6H3. The first kappa shape index (κ1) is 34.8. The van der Waals surface area contributed by atoms with Gasteiger partial charge >= 0.3 is 0 Å².